The molecular formula is C23H24N2O5. The van der Waals surface area contributed by atoms with Crippen molar-refractivity contribution < 1.29 is 19.0 Å². The Morgan fingerprint density at radius 3 is 2.77 bits per heavy atom. The molecule has 156 valence electrons. The van der Waals surface area contributed by atoms with Crippen molar-refractivity contribution in [3.63, 3.8) is 0 Å². The number of ether oxygens (including phenoxy) is 3. The SMILES string of the molecule is CCCOc1ccc(/C=C/C(=O)OCc2cc(=O)n3cc(C)ccc3n2)cc1OC. The van der Waals surface area contributed by atoms with Gasteiger partial charge in [-0.05, 0) is 48.7 Å². The molecule has 2 heterocycles. The van der Waals surface area contributed by atoms with Gasteiger partial charge in [0, 0.05) is 18.3 Å². The maximum Gasteiger partial charge on any atom is 0.331 e. The Balaban J connectivity index is 1.64. The van der Waals surface area contributed by atoms with E-state index in [2.05, 4.69) is 4.98 Å². The van der Waals surface area contributed by atoms with Crippen LogP contribution in [0.4, 0.5) is 0 Å². The van der Waals surface area contributed by atoms with Gasteiger partial charge in [-0.1, -0.05) is 19.1 Å². The minimum Gasteiger partial charge on any atom is -0.493 e. The lowest BCUT2D eigenvalue weighted by atomic mass is 10.2. The van der Waals surface area contributed by atoms with E-state index in [0.29, 0.717) is 29.4 Å². The first-order chi connectivity index (χ1) is 14.5. The summed E-state index contributed by atoms with van der Waals surface area (Å²) in [7, 11) is 1.57. The molecule has 0 saturated heterocycles. The standard InChI is InChI=1S/C23H24N2O5/c1-4-11-29-19-8-6-17(12-20(19)28-3)7-10-23(27)30-15-18-13-22(26)25-14-16(2)5-9-21(25)24-18/h5-10,12-14H,4,11,15H2,1-3H3/b10-7+. The number of fused-ring (bicyclic) bond motifs is 1. The fourth-order valence-corrected chi connectivity index (χ4v) is 2.81. The molecule has 0 aliphatic rings. The van der Waals surface area contributed by atoms with E-state index in [4.69, 9.17) is 14.2 Å². The quantitative estimate of drug-likeness (QED) is 0.419. The number of carbonyl (C=O) groups excluding carboxylic acids is 1. The second-order valence-corrected chi connectivity index (χ2v) is 6.72. The third-order valence-electron chi connectivity index (χ3n) is 4.28. The predicted octanol–water partition coefficient (Wildman–Crippen LogP) is 3.56. The molecule has 0 amide bonds. The number of hydrogen-bond donors (Lipinski definition) is 0. The number of methoxy groups -OCH3 is 1. The van der Waals surface area contributed by atoms with Gasteiger partial charge in [-0.2, -0.15) is 0 Å². The minimum atomic E-state index is -0.536. The number of aryl methyl sites for hydroxylation is 1. The van der Waals surface area contributed by atoms with Gasteiger partial charge in [-0.25, -0.2) is 9.78 Å². The fraction of sp³-hybridized carbons (Fsp3) is 0.261. The maximum atomic E-state index is 12.2. The van der Waals surface area contributed by atoms with Crippen LogP contribution in [0.25, 0.3) is 11.7 Å². The zero-order valence-corrected chi connectivity index (χ0v) is 17.3. The molecule has 7 heteroatoms. The topological polar surface area (TPSA) is 79.1 Å². The Morgan fingerprint density at radius 1 is 1.17 bits per heavy atom. The third-order valence-corrected chi connectivity index (χ3v) is 4.28. The first-order valence-corrected chi connectivity index (χ1v) is 9.64. The molecule has 3 aromatic rings. The highest BCUT2D eigenvalue weighted by Crippen LogP contribution is 2.28. The summed E-state index contributed by atoms with van der Waals surface area (Å²) < 4.78 is 17.6. The molecule has 0 N–H and O–H groups in total. The Labute approximate surface area is 174 Å². The number of nitrogens with zero attached hydrogens (tertiary/aromatic N) is 2. The molecule has 0 aliphatic heterocycles. The van der Waals surface area contributed by atoms with Crippen molar-refractivity contribution in [2.75, 3.05) is 13.7 Å². The highest BCUT2D eigenvalue weighted by atomic mass is 16.5. The van der Waals surface area contributed by atoms with Crippen LogP contribution in [0.5, 0.6) is 11.5 Å². The van der Waals surface area contributed by atoms with Crippen LogP contribution >= 0.6 is 0 Å². The molecule has 3 rings (SSSR count). The van der Waals surface area contributed by atoms with Gasteiger partial charge in [0.05, 0.1) is 19.4 Å². The van der Waals surface area contributed by atoms with E-state index in [9.17, 15) is 9.59 Å². The Hall–Kier alpha value is -3.61. The Morgan fingerprint density at radius 2 is 2.00 bits per heavy atom. The van der Waals surface area contributed by atoms with Gasteiger partial charge >= 0.3 is 5.97 Å². The molecule has 0 fully saturated rings. The van der Waals surface area contributed by atoms with Crippen LogP contribution in [0.3, 0.4) is 0 Å². The molecule has 0 radical (unpaired) electrons. The van der Waals surface area contributed by atoms with Crippen molar-refractivity contribution in [2.45, 2.75) is 26.9 Å². The molecule has 0 saturated carbocycles. The van der Waals surface area contributed by atoms with Gasteiger partial charge in [0.1, 0.15) is 12.3 Å². The maximum absolute atomic E-state index is 12.2. The van der Waals surface area contributed by atoms with Gasteiger partial charge in [-0.15, -0.1) is 0 Å². The molecule has 0 atom stereocenters. The summed E-state index contributed by atoms with van der Waals surface area (Å²) in [4.78, 5) is 28.6. The summed E-state index contributed by atoms with van der Waals surface area (Å²) in [6.45, 7) is 4.44. The van der Waals surface area contributed by atoms with E-state index >= 15 is 0 Å². The van der Waals surface area contributed by atoms with E-state index in [1.165, 1.54) is 16.5 Å². The number of esters is 1. The summed E-state index contributed by atoms with van der Waals surface area (Å²) in [5, 5.41) is 0. The van der Waals surface area contributed by atoms with E-state index in [0.717, 1.165) is 17.5 Å². The largest absolute Gasteiger partial charge is 0.493 e. The molecule has 1 aromatic carbocycles. The molecule has 7 nitrogen and oxygen atoms in total. The van der Waals surface area contributed by atoms with Crippen LogP contribution < -0.4 is 15.0 Å². The van der Waals surface area contributed by atoms with Crippen LogP contribution in [-0.2, 0) is 16.1 Å². The average Bonchev–Trinajstić information content (AvgIpc) is 2.75. The lowest BCUT2D eigenvalue weighted by molar-refractivity contribution is -0.139. The first-order valence-electron chi connectivity index (χ1n) is 9.64. The van der Waals surface area contributed by atoms with Crippen molar-refractivity contribution in [3.05, 3.63) is 75.8 Å². The summed E-state index contributed by atoms with van der Waals surface area (Å²) in [5.74, 6) is 0.712. The van der Waals surface area contributed by atoms with Crippen molar-refractivity contribution >= 4 is 17.7 Å². The lowest BCUT2D eigenvalue weighted by Crippen LogP contribution is -2.16. The molecule has 30 heavy (non-hydrogen) atoms. The second-order valence-electron chi connectivity index (χ2n) is 6.72. The highest BCUT2D eigenvalue weighted by molar-refractivity contribution is 5.87. The number of pyridine rings is 1. The highest BCUT2D eigenvalue weighted by Gasteiger charge is 2.07. The van der Waals surface area contributed by atoms with Gasteiger partial charge in [0.15, 0.2) is 11.5 Å². The predicted molar refractivity (Wildman–Crippen MR) is 114 cm³/mol. The molecule has 0 unspecified atom stereocenters. The number of benzene rings is 1. The van der Waals surface area contributed by atoms with Gasteiger partial charge in [0.25, 0.3) is 5.56 Å². The molecular weight excluding hydrogens is 384 g/mol. The number of rotatable bonds is 8. The van der Waals surface area contributed by atoms with Gasteiger partial charge in [-0.3, -0.25) is 9.20 Å². The minimum absolute atomic E-state index is 0.0874. The normalized spacial score (nSPS) is 11.0. The molecule has 0 spiro atoms. The van der Waals surface area contributed by atoms with Crippen LogP contribution in [0.1, 0.15) is 30.2 Å². The lowest BCUT2D eigenvalue weighted by Gasteiger charge is -2.10. The summed E-state index contributed by atoms with van der Waals surface area (Å²) in [5.41, 5.74) is 2.40. The molecule has 0 bridgehead atoms. The monoisotopic (exact) mass is 408 g/mol. The molecule has 0 aliphatic carbocycles. The number of carbonyl (C=O) groups is 1. The zero-order chi connectivity index (χ0) is 21.5. The number of hydrogen-bond acceptors (Lipinski definition) is 6. The fourth-order valence-electron chi connectivity index (χ4n) is 2.81. The number of aromatic nitrogens is 2. The van der Waals surface area contributed by atoms with Crippen LogP contribution in [0.2, 0.25) is 0 Å². The first kappa shape index (κ1) is 21.1. The van der Waals surface area contributed by atoms with E-state index in [1.54, 1.807) is 37.6 Å². The summed E-state index contributed by atoms with van der Waals surface area (Å²) in [6, 6.07) is 10.4. The summed E-state index contributed by atoms with van der Waals surface area (Å²) in [6.07, 6.45) is 5.56. The van der Waals surface area contributed by atoms with Crippen LogP contribution in [-0.4, -0.2) is 29.1 Å². The van der Waals surface area contributed by atoms with Crippen LogP contribution in [0.15, 0.2) is 53.5 Å². The van der Waals surface area contributed by atoms with Gasteiger partial charge < -0.3 is 14.2 Å². The van der Waals surface area contributed by atoms with E-state index in [-0.39, 0.29) is 12.2 Å². The van der Waals surface area contributed by atoms with Crippen molar-refractivity contribution in [1.29, 1.82) is 0 Å². The van der Waals surface area contributed by atoms with E-state index < -0.39 is 5.97 Å². The zero-order valence-electron chi connectivity index (χ0n) is 17.3. The van der Waals surface area contributed by atoms with Gasteiger partial charge in [0.2, 0.25) is 0 Å². The average molecular weight is 408 g/mol. The van der Waals surface area contributed by atoms with Crippen molar-refractivity contribution in [3.8, 4) is 11.5 Å². The Bertz CT molecular complexity index is 1130. The summed E-state index contributed by atoms with van der Waals surface area (Å²) >= 11 is 0. The van der Waals surface area contributed by atoms with Crippen LogP contribution in [0, 0.1) is 6.92 Å². The Kier molecular flexibility index (Phi) is 6.85. The van der Waals surface area contributed by atoms with Crippen molar-refractivity contribution in [2.24, 2.45) is 0 Å². The van der Waals surface area contributed by atoms with E-state index in [1.807, 2.05) is 26.0 Å². The second kappa shape index (κ2) is 9.73. The van der Waals surface area contributed by atoms with Crippen molar-refractivity contribution in [1.82, 2.24) is 9.38 Å². The molecule has 2 aromatic heterocycles. The smallest absolute Gasteiger partial charge is 0.331 e. The third kappa shape index (κ3) is 5.26.